The molecule has 0 aromatic heterocycles. The zero-order chi connectivity index (χ0) is 10.1. The Hall–Kier alpha value is -1.10. The molecule has 5 heteroatoms. The summed E-state index contributed by atoms with van der Waals surface area (Å²) in [6.07, 6.45) is 1.56. The first kappa shape index (κ1) is 9.45. The van der Waals surface area contributed by atoms with Gasteiger partial charge in [-0.1, -0.05) is 0 Å². The van der Waals surface area contributed by atoms with Crippen molar-refractivity contribution in [3.63, 3.8) is 0 Å². The molecule has 1 unspecified atom stereocenters. The molecule has 5 nitrogen and oxygen atoms in total. The van der Waals surface area contributed by atoms with E-state index < -0.39 is 6.09 Å². The van der Waals surface area contributed by atoms with Crippen molar-refractivity contribution in [3.05, 3.63) is 0 Å². The first-order valence-corrected chi connectivity index (χ1v) is 4.97. The third kappa shape index (κ3) is 1.48. The molecule has 2 fully saturated rings. The van der Waals surface area contributed by atoms with E-state index in [0.29, 0.717) is 13.0 Å². The van der Waals surface area contributed by atoms with Crippen LogP contribution in [0.4, 0.5) is 4.79 Å². The molecule has 2 aliphatic rings. The lowest BCUT2D eigenvalue weighted by Gasteiger charge is -2.38. The van der Waals surface area contributed by atoms with Gasteiger partial charge in [-0.15, -0.1) is 0 Å². The van der Waals surface area contributed by atoms with Gasteiger partial charge in [0.05, 0.1) is 12.1 Å². The van der Waals surface area contributed by atoms with E-state index in [1.807, 2.05) is 0 Å². The van der Waals surface area contributed by atoms with Crippen LogP contribution in [0, 0.1) is 0 Å². The number of Topliss-reactive ketones (excluding diaryl/α,β-unsaturated/α-hetero) is 1. The summed E-state index contributed by atoms with van der Waals surface area (Å²) in [5, 5.41) is 11.8. The fourth-order valence-electron chi connectivity index (χ4n) is 2.07. The highest BCUT2D eigenvalue weighted by molar-refractivity contribution is 5.92. The predicted octanol–water partition coefficient (Wildman–Crippen LogP) is 0.0598. The van der Waals surface area contributed by atoms with Gasteiger partial charge in [0.25, 0.3) is 0 Å². The van der Waals surface area contributed by atoms with E-state index >= 15 is 0 Å². The lowest BCUT2D eigenvalue weighted by atomic mass is 9.94. The van der Waals surface area contributed by atoms with Gasteiger partial charge in [0.1, 0.15) is 0 Å². The van der Waals surface area contributed by atoms with E-state index in [2.05, 4.69) is 5.32 Å². The van der Waals surface area contributed by atoms with Gasteiger partial charge in [-0.3, -0.25) is 9.69 Å². The molecule has 78 valence electrons. The van der Waals surface area contributed by atoms with Gasteiger partial charge in [-0.05, 0) is 25.8 Å². The Morgan fingerprint density at radius 1 is 1.36 bits per heavy atom. The normalized spacial score (nSPS) is 31.3. The predicted molar refractivity (Wildman–Crippen MR) is 49.2 cm³/mol. The van der Waals surface area contributed by atoms with Crippen LogP contribution in [0.2, 0.25) is 0 Å². The summed E-state index contributed by atoms with van der Waals surface area (Å²) in [6.45, 7) is 1.37. The summed E-state index contributed by atoms with van der Waals surface area (Å²) >= 11 is 0. The summed E-state index contributed by atoms with van der Waals surface area (Å²) in [4.78, 5) is 23.7. The van der Waals surface area contributed by atoms with Crippen molar-refractivity contribution >= 4 is 11.9 Å². The van der Waals surface area contributed by atoms with E-state index in [4.69, 9.17) is 5.11 Å². The molecule has 0 spiro atoms. The minimum absolute atomic E-state index is 0.0520. The number of carboxylic acid groups (broad SMARTS) is 1. The second-order valence-electron chi connectivity index (χ2n) is 3.83. The van der Waals surface area contributed by atoms with Crippen LogP contribution >= 0.6 is 0 Å². The maximum Gasteiger partial charge on any atom is 0.407 e. The lowest BCUT2D eigenvalue weighted by molar-refractivity contribution is -0.129. The van der Waals surface area contributed by atoms with Crippen molar-refractivity contribution in [1.29, 1.82) is 0 Å². The molecule has 2 heterocycles. The van der Waals surface area contributed by atoms with Crippen LogP contribution in [0.5, 0.6) is 0 Å². The summed E-state index contributed by atoms with van der Waals surface area (Å²) in [5.74, 6) is 0.0520. The minimum atomic E-state index is -0.979. The molecule has 0 saturated carbocycles. The summed E-state index contributed by atoms with van der Waals surface area (Å²) < 4.78 is 0. The van der Waals surface area contributed by atoms with E-state index in [9.17, 15) is 9.59 Å². The Labute approximate surface area is 82.1 Å². The van der Waals surface area contributed by atoms with Gasteiger partial charge in [-0.2, -0.15) is 0 Å². The van der Waals surface area contributed by atoms with Crippen LogP contribution in [0.15, 0.2) is 0 Å². The van der Waals surface area contributed by atoms with Crippen molar-refractivity contribution in [1.82, 2.24) is 10.2 Å². The average Bonchev–Trinajstić information content (AvgIpc) is 2.51. The summed E-state index contributed by atoms with van der Waals surface area (Å²) in [7, 11) is 0. The first-order chi connectivity index (χ1) is 6.70. The number of rotatable bonds is 2. The van der Waals surface area contributed by atoms with Gasteiger partial charge in [0, 0.05) is 6.54 Å². The van der Waals surface area contributed by atoms with Gasteiger partial charge in [0.15, 0.2) is 5.78 Å². The molecule has 0 bridgehead atoms. The lowest BCUT2D eigenvalue weighted by Crippen LogP contribution is -2.58. The summed E-state index contributed by atoms with van der Waals surface area (Å²) in [6, 6.07) is -0.495. The number of amides is 1. The second kappa shape index (κ2) is 3.57. The standard InChI is InChI=1S/C9H14N2O3/c12-8(6-2-1-4-10-6)7-3-5-11(7)9(13)14/h6-7,10H,1-5H2,(H,13,14)/t6-,7?/m0/s1. The van der Waals surface area contributed by atoms with Gasteiger partial charge in [0.2, 0.25) is 0 Å². The topological polar surface area (TPSA) is 69.6 Å². The maximum absolute atomic E-state index is 11.8. The van der Waals surface area contributed by atoms with E-state index in [-0.39, 0.29) is 17.9 Å². The Morgan fingerprint density at radius 3 is 2.57 bits per heavy atom. The maximum atomic E-state index is 11.8. The third-order valence-electron chi connectivity index (χ3n) is 3.00. The summed E-state index contributed by atoms with van der Waals surface area (Å²) in [5.41, 5.74) is 0. The van der Waals surface area contributed by atoms with E-state index in [0.717, 1.165) is 19.4 Å². The van der Waals surface area contributed by atoms with E-state index in [1.54, 1.807) is 0 Å². The van der Waals surface area contributed by atoms with Crippen molar-refractivity contribution in [2.75, 3.05) is 13.1 Å². The van der Waals surface area contributed by atoms with Crippen molar-refractivity contribution < 1.29 is 14.7 Å². The van der Waals surface area contributed by atoms with Crippen molar-refractivity contribution in [2.45, 2.75) is 31.3 Å². The molecule has 2 N–H and O–H groups in total. The minimum Gasteiger partial charge on any atom is -0.465 e. The van der Waals surface area contributed by atoms with Crippen LogP contribution in [0.1, 0.15) is 19.3 Å². The number of hydrogen-bond donors (Lipinski definition) is 2. The Bertz CT molecular complexity index is 261. The van der Waals surface area contributed by atoms with Crippen molar-refractivity contribution in [3.8, 4) is 0 Å². The number of ketones is 1. The second-order valence-corrected chi connectivity index (χ2v) is 3.83. The molecule has 0 aliphatic carbocycles. The average molecular weight is 198 g/mol. The highest BCUT2D eigenvalue weighted by Gasteiger charge is 2.40. The third-order valence-corrected chi connectivity index (χ3v) is 3.00. The molecule has 2 atom stereocenters. The highest BCUT2D eigenvalue weighted by Crippen LogP contribution is 2.21. The van der Waals surface area contributed by atoms with Crippen LogP contribution < -0.4 is 5.32 Å². The molecular formula is C9H14N2O3. The van der Waals surface area contributed by atoms with Crippen LogP contribution in [-0.4, -0.2) is 47.1 Å². The number of nitrogens with zero attached hydrogens (tertiary/aromatic N) is 1. The van der Waals surface area contributed by atoms with Crippen LogP contribution in [0.3, 0.4) is 0 Å². The van der Waals surface area contributed by atoms with Gasteiger partial charge in [-0.25, -0.2) is 4.79 Å². The molecule has 0 aromatic carbocycles. The van der Waals surface area contributed by atoms with Crippen LogP contribution in [-0.2, 0) is 4.79 Å². The quantitative estimate of drug-likeness (QED) is 0.658. The Morgan fingerprint density at radius 2 is 2.14 bits per heavy atom. The zero-order valence-corrected chi connectivity index (χ0v) is 7.90. The van der Waals surface area contributed by atoms with E-state index in [1.165, 1.54) is 4.90 Å². The van der Waals surface area contributed by atoms with Crippen LogP contribution in [0.25, 0.3) is 0 Å². The van der Waals surface area contributed by atoms with Gasteiger partial charge < -0.3 is 10.4 Å². The van der Waals surface area contributed by atoms with Crippen molar-refractivity contribution in [2.24, 2.45) is 0 Å². The molecule has 2 saturated heterocycles. The molecule has 0 aromatic rings. The fraction of sp³-hybridized carbons (Fsp3) is 0.778. The smallest absolute Gasteiger partial charge is 0.407 e. The number of nitrogens with one attached hydrogen (secondary N) is 1. The number of carbonyl (C=O) groups is 2. The number of likely N-dealkylation sites (tertiary alicyclic amines) is 1. The highest BCUT2D eigenvalue weighted by atomic mass is 16.4. The van der Waals surface area contributed by atoms with Gasteiger partial charge >= 0.3 is 6.09 Å². The largest absolute Gasteiger partial charge is 0.465 e. The molecule has 14 heavy (non-hydrogen) atoms. The molecule has 0 radical (unpaired) electrons. The Kier molecular flexibility index (Phi) is 2.41. The molecule has 2 aliphatic heterocycles. The number of carbonyl (C=O) groups excluding carboxylic acids is 1. The number of hydrogen-bond acceptors (Lipinski definition) is 3. The molecule has 2 rings (SSSR count). The molecule has 1 amide bonds. The fourth-order valence-corrected chi connectivity index (χ4v) is 2.07. The SMILES string of the molecule is O=C(C1CCN1C(=O)O)[C@@H]1CCCN1. The Balaban J connectivity index is 1.94. The molecular weight excluding hydrogens is 184 g/mol. The first-order valence-electron chi connectivity index (χ1n) is 4.97. The zero-order valence-electron chi connectivity index (χ0n) is 7.90. The monoisotopic (exact) mass is 198 g/mol.